The lowest BCUT2D eigenvalue weighted by molar-refractivity contribution is 0.303. The molecule has 0 unspecified atom stereocenters. The van der Waals surface area contributed by atoms with Crippen LogP contribution in [0.15, 0.2) is 23.4 Å². The van der Waals surface area contributed by atoms with Crippen LogP contribution in [0.2, 0.25) is 0 Å². The van der Waals surface area contributed by atoms with E-state index in [1.165, 1.54) is 18.2 Å². The van der Waals surface area contributed by atoms with E-state index in [0.717, 1.165) is 19.3 Å². The van der Waals surface area contributed by atoms with Crippen LogP contribution in [0.3, 0.4) is 0 Å². The predicted octanol–water partition coefficient (Wildman–Crippen LogP) is 2.49. The van der Waals surface area contributed by atoms with Crippen LogP contribution in [0, 0.1) is 5.82 Å². The summed E-state index contributed by atoms with van der Waals surface area (Å²) in [5, 5.41) is 11.5. The zero-order chi connectivity index (χ0) is 12.7. The van der Waals surface area contributed by atoms with Crippen LogP contribution >= 0.6 is 0 Å². The Bertz CT molecular complexity index is 394. The number of benzene rings is 1. The highest BCUT2D eigenvalue weighted by atomic mass is 19.1. The van der Waals surface area contributed by atoms with Crippen LogP contribution in [0.5, 0.6) is 5.75 Å². The second-order valence-corrected chi connectivity index (χ2v) is 3.68. The van der Waals surface area contributed by atoms with Crippen molar-refractivity contribution in [1.82, 2.24) is 0 Å². The maximum Gasteiger partial charge on any atom is 0.173 e. The van der Waals surface area contributed by atoms with Crippen molar-refractivity contribution in [2.75, 3.05) is 6.61 Å². The van der Waals surface area contributed by atoms with Gasteiger partial charge >= 0.3 is 0 Å². The van der Waals surface area contributed by atoms with Gasteiger partial charge in [-0.25, -0.2) is 4.39 Å². The van der Waals surface area contributed by atoms with E-state index in [1.807, 2.05) is 0 Å². The van der Waals surface area contributed by atoms with Gasteiger partial charge in [0.05, 0.1) is 12.2 Å². The fourth-order valence-electron chi connectivity index (χ4n) is 1.42. The average Bonchev–Trinajstić information content (AvgIpc) is 2.35. The van der Waals surface area contributed by atoms with Gasteiger partial charge in [0.2, 0.25) is 0 Å². The maximum atomic E-state index is 13.0. The molecule has 0 aliphatic heterocycles. The quantitative estimate of drug-likeness (QED) is 0.264. The van der Waals surface area contributed by atoms with Gasteiger partial charge in [0.1, 0.15) is 11.6 Å². The van der Waals surface area contributed by atoms with Crippen molar-refractivity contribution in [1.29, 1.82) is 0 Å². The first kappa shape index (κ1) is 13.3. The highest BCUT2D eigenvalue weighted by Gasteiger charge is 2.09. The zero-order valence-corrected chi connectivity index (χ0v) is 9.82. The highest BCUT2D eigenvalue weighted by molar-refractivity contribution is 5.99. The van der Waals surface area contributed by atoms with E-state index >= 15 is 0 Å². The number of nitrogens with zero attached hydrogens (tertiary/aromatic N) is 1. The van der Waals surface area contributed by atoms with Gasteiger partial charge in [0.15, 0.2) is 5.84 Å². The number of nitrogens with two attached hydrogens (primary N) is 1. The molecule has 0 atom stereocenters. The van der Waals surface area contributed by atoms with Gasteiger partial charge in [-0.1, -0.05) is 24.9 Å². The SMILES string of the molecule is CCCCCOc1ccc(F)cc1/C(N)=N/O. The Kier molecular flexibility index (Phi) is 5.26. The van der Waals surface area contributed by atoms with Crippen LogP contribution < -0.4 is 10.5 Å². The first-order valence-electron chi connectivity index (χ1n) is 5.59. The molecule has 4 nitrogen and oxygen atoms in total. The Labute approximate surface area is 99.9 Å². The van der Waals surface area contributed by atoms with E-state index in [-0.39, 0.29) is 11.4 Å². The molecular weight excluding hydrogens is 223 g/mol. The summed E-state index contributed by atoms with van der Waals surface area (Å²) in [6.45, 7) is 2.63. The van der Waals surface area contributed by atoms with Crippen LogP contribution in [-0.2, 0) is 0 Å². The van der Waals surface area contributed by atoms with Gasteiger partial charge in [-0.05, 0) is 24.6 Å². The third-order valence-corrected chi connectivity index (χ3v) is 2.33. The molecule has 94 valence electrons. The van der Waals surface area contributed by atoms with E-state index in [4.69, 9.17) is 15.7 Å². The van der Waals surface area contributed by atoms with Crippen molar-refractivity contribution in [2.45, 2.75) is 26.2 Å². The normalized spacial score (nSPS) is 11.5. The molecule has 17 heavy (non-hydrogen) atoms. The van der Waals surface area contributed by atoms with Gasteiger partial charge in [-0.2, -0.15) is 0 Å². The highest BCUT2D eigenvalue weighted by Crippen LogP contribution is 2.19. The van der Waals surface area contributed by atoms with Crippen LogP contribution in [0.25, 0.3) is 0 Å². The third kappa shape index (κ3) is 3.94. The molecule has 0 saturated carbocycles. The number of rotatable bonds is 6. The molecule has 1 rings (SSSR count). The summed E-state index contributed by atoms with van der Waals surface area (Å²) in [4.78, 5) is 0. The molecular formula is C12H17FN2O2. The van der Waals surface area contributed by atoms with E-state index in [1.54, 1.807) is 0 Å². The second kappa shape index (κ2) is 6.73. The Morgan fingerprint density at radius 3 is 2.88 bits per heavy atom. The Morgan fingerprint density at radius 2 is 2.24 bits per heavy atom. The monoisotopic (exact) mass is 240 g/mol. The van der Waals surface area contributed by atoms with Gasteiger partial charge in [0.25, 0.3) is 0 Å². The molecule has 5 heteroatoms. The number of hydrogen-bond acceptors (Lipinski definition) is 3. The predicted molar refractivity (Wildman–Crippen MR) is 63.9 cm³/mol. The number of halogens is 1. The molecule has 0 amide bonds. The van der Waals surface area contributed by atoms with Gasteiger partial charge < -0.3 is 15.7 Å². The molecule has 0 aromatic heterocycles. The van der Waals surface area contributed by atoms with Gasteiger partial charge in [-0.15, -0.1) is 0 Å². The number of amidine groups is 1. The molecule has 3 N–H and O–H groups in total. The summed E-state index contributed by atoms with van der Waals surface area (Å²) in [6.07, 6.45) is 3.09. The van der Waals surface area contributed by atoms with Gasteiger partial charge in [0, 0.05) is 0 Å². The molecule has 1 aromatic rings. The number of hydrogen-bond donors (Lipinski definition) is 2. The molecule has 1 aromatic carbocycles. The topological polar surface area (TPSA) is 67.8 Å². The number of oxime groups is 1. The van der Waals surface area contributed by atoms with Crippen molar-refractivity contribution >= 4 is 5.84 Å². The minimum Gasteiger partial charge on any atom is -0.493 e. The maximum absolute atomic E-state index is 13.0. The third-order valence-electron chi connectivity index (χ3n) is 2.33. The van der Waals surface area contributed by atoms with E-state index in [0.29, 0.717) is 12.4 Å². The fourth-order valence-corrected chi connectivity index (χ4v) is 1.42. The van der Waals surface area contributed by atoms with E-state index in [9.17, 15) is 4.39 Å². The summed E-state index contributed by atoms with van der Waals surface area (Å²) in [5.74, 6) is -0.180. The molecule has 0 spiro atoms. The lowest BCUT2D eigenvalue weighted by Crippen LogP contribution is -2.15. The molecule has 0 saturated heterocycles. The van der Waals surface area contributed by atoms with Crippen molar-refractivity contribution < 1.29 is 14.3 Å². The van der Waals surface area contributed by atoms with Crippen molar-refractivity contribution in [3.8, 4) is 5.75 Å². The molecule has 0 bridgehead atoms. The largest absolute Gasteiger partial charge is 0.493 e. The van der Waals surface area contributed by atoms with Crippen LogP contribution in [0.1, 0.15) is 31.7 Å². The van der Waals surface area contributed by atoms with Crippen LogP contribution in [-0.4, -0.2) is 17.6 Å². The summed E-state index contributed by atoms with van der Waals surface area (Å²) in [6, 6.07) is 3.95. The van der Waals surface area contributed by atoms with Gasteiger partial charge in [-0.3, -0.25) is 0 Å². The molecule has 0 heterocycles. The van der Waals surface area contributed by atoms with Crippen LogP contribution in [0.4, 0.5) is 4.39 Å². The lowest BCUT2D eigenvalue weighted by atomic mass is 10.2. The van der Waals surface area contributed by atoms with Crippen molar-refractivity contribution in [3.63, 3.8) is 0 Å². The summed E-state index contributed by atoms with van der Waals surface area (Å²) >= 11 is 0. The molecule has 0 radical (unpaired) electrons. The summed E-state index contributed by atoms with van der Waals surface area (Å²) in [5.41, 5.74) is 5.72. The first-order chi connectivity index (χ1) is 8.19. The summed E-state index contributed by atoms with van der Waals surface area (Å²) < 4.78 is 18.5. The first-order valence-corrected chi connectivity index (χ1v) is 5.59. The minimum atomic E-state index is -0.451. The average molecular weight is 240 g/mol. The smallest absolute Gasteiger partial charge is 0.173 e. The van der Waals surface area contributed by atoms with E-state index < -0.39 is 5.82 Å². The van der Waals surface area contributed by atoms with E-state index in [2.05, 4.69) is 12.1 Å². The Hall–Kier alpha value is -1.78. The standard InChI is InChI=1S/C12H17FN2O2/c1-2-3-4-7-17-11-6-5-9(13)8-10(11)12(14)15-16/h5-6,8,16H,2-4,7H2,1H3,(H2,14,15). The number of ether oxygens (including phenoxy) is 1. The zero-order valence-electron chi connectivity index (χ0n) is 9.82. The van der Waals surface area contributed by atoms with Crippen molar-refractivity contribution in [2.24, 2.45) is 10.9 Å². The Balaban J connectivity index is 2.76. The number of unbranched alkanes of at least 4 members (excludes halogenated alkanes) is 2. The van der Waals surface area contributed by atoms with Crippen molar-refractivity contribution in [3.05, 3.63) is 29.6 Å². The summed E-state index contributed by atoms with van der Waals surface area (Å²) in [7, 11) is 0. The Morgan fingerprint density at radius 1 is 1.47 bits per heavy atom. The second-order valence-electron chi connectivity index (χ2n) is 3.68. The minimum absolute atomic E-state index is 0.157. The molecule has 0 fully saturated rings. The molecule has 0 aliphatic rings. The molecule has 0 aliphatic carbocycles. The lowest BCUT2D eigenvalue weighted by Gasteiger charge is -2.10. The fraction of sp³-hybridized carbons (Fsp3) is 0.417.